The highest BCUT2D eigenvalue weighted by Crippen LogP contribution is 2.29. The van der Waals surface area contributed by atoms with Crippen LogP contribution in [0.5, 0.6) is 0 Å². The Morgan fingerprint density at radius 2 is 1.78 bits per heavy atom. The van der Waals surface area contributed by atoms with Crippen LogP contribution >= 0.6 is 18.7 Å². The van der Waals surface area contributed by atoms with Crippen molar-refractivity contribution < 1.29 is 0 Å². The molecule has 1 aromatic carbocycles. The molecule has 9 heavy (non-hydrogen) atoms. The van der Waals surface area contributed by atoms with Crippen molar-refractivity contribution in [3.8, 4) is 0 Å². The van der Waals surface area contributed by atoms with Gasteiger partial charge in [0.15, 0.2) is 0 Å². The summed E-state index contributed by atoms with van der Waals surface area (Å²) < 4.78 is 0. The fourth-order valence-corrected chi connectivity index (χ4v) is 1.37. The fraction of sp³-hybridized carbons (Fsp3) is 0. The minimum Gasteiger partial charge on any atom is -0.294 e. The summed E-state index contributed by atoms with van der Waals surface area (Å²) in [6, 6.07) is 9.66. The van der Waals surface area contributed by atoms with Gasteiger partial charge in [0.25, 0.3) is 0 Å². The van der Waals surface area contributed by atoms with Gasteiger partial charge in [0.1, 0.15) is 0 Å². The predicted octanol–water partition coefficient (Wildman–Crippen LogP) is 1.82. The molecule has 0 heterocycles. The summed E-state index contributed by atoms with van der Waals surface area (Å²) in [6.45, 7) is 0. The molecule has 1 aromatic rings. The zero-order valence-electron chi connectivity index (χ0n) is 4.79. The van der Waals surface area contributed by atoms with Crippen molar-refractivity contribution in [2.45, 2.75) is 0 Å². The molecular formula is C6H7ClNP. The van der Waals surface area contributed by atoms with Gasteiger partial charge in [-0.05, 0) is 0 Å². The zero-order valence-corrected chi connectivity index (χ0v) is 6.44. The lowest BCUT2D eigenvalue weighted by Gasteiger charge is -1.99. The van der Waals surface area contributed by atoms with Crippen molar-refractivity contribution in [1.29, 1.82) is 0 Å². The minimum absolute atomic E-state index is 0.923. The molecular weight excluding hydrogens is 152 g/mol. The van der Waals surface area contributed by atoms with Crippen LogP contribution in [-0.2, 0) is 0 Å². The second-order valence-electron chi connectivity index (χ2n) is 1.65. The molecule has 0 radical (unpaired) electrons. The highest BCUT2D eigenvalue weighted by molar-refractivity contribution is 7.88. The van der Waals surface area contributed by atoms with Crippen molar-refractivity contribution >= 4 is 24.0 Å². The Morgan fingerprint density at radius 3 is 2.11 bits per heavy atom. The molecule has 1 unspecified atom stereocenters. The number of halogens is 1. The molecule has 0 amide bonds. The third-order valence-corrected chi connectivity index (χ3v) is 2.38. The van der Waals surface area contributed by atoms with Crippen LogP contribution in [0.25, 0.3) is 0 Å². The summed E-state index contributed by atoms with van der Waals surface area (Å²) in [5.74, 6) is 0. The lowest BCUT2D eigenvalue weighted by atomic mass is 10.4. The smallest absolute Gasteiger partial charge is 0.0890 e. The van der Waals surface area contributed by atoms with E-state index in [0.29, 0.717) is 0 Å². The van der Waals surface area contributed by atoms with E-state index >= 15 is 0 Å². The van der Waals surface area contributed by atoms with Crippen LogP contribution in [0, 0.1) is 0 Å². The second-order valence-corrected chi connectivity index (χ2v) is 3.88. The molecule has 0 aliphatic carbocycles. The number of hydrogen-bond acceptors (Lipinski definition) is 1. The summed E-state index contributed by atoms with van der Waals surface area (Å²) in [5, 5.41) is 1.02. The lowest BCUT2D eigenvalue weighted by molar-refractivity contribution is 1.77. The predicted molar refractivity (Wildman–Crippen MR) is 43.0 cm³/mol. The standard InChI is InChI=1S/C6H7ClNP/c7-9(8)6-4-2-1-3-5-6/h1-5H,8H2. The maximum Gasteiger partial charge on any atom is 0.0890 e. The van der Waals surface area contributed by atoms with Crippen molar-refractivity contribution in [1.82, 2.24) is 0 Å². The molecule has 1 rings (SSSR count). The Morgan fingerprint density at radius 1 is 1.22 bits per heavy atom. The normalized spacial score (nSPS) is 13.1. The maximum absolute atomic E-state index is 5.65. The van der Waals surface area contributed by atoms with E-state index in [1.807, 2.05) is 30.3 Å². The molecule has 1 nitrogen and oxygen atoms in total. The van der Waals surface area contributed by atoms with Gasteiger partial charge in [-0.3, -0.25) is 5.50 Å². The SMILES string of the molecule is NP(Cl)c1ccccc1. The lowest BCUT2D eigenvalue weighted by Crippen LogP contribution is -2.00. The van der Waals surface area contributed by atoms with Crippen LogP contribution in [0.3, 0.4) is 0 Å². The van der Waals surface area contributed by atoms with Gasteiger partial charge in [-0.15, -0.1) is 0 Å². The molecule has 0 spiro atoms. The summed E-state index contributed by atoms with van der Waals surface area (Å²) in [7, 11) is -0.923. The van der Waals surface area contributed by atoms with E-state index < -0.39 is 7.43 Å². The molecule has 0 saturated carbocycles. The molecule has 0 fully saturated rings. The van der Waals surface area contributed by atoms with E-state index in [0.717, 1.165) is 5.30 Å². The van der Waals surface area contributed by atoms with Crippen LogP contribution in [0.15, 0.2) is 30.3 Å². The van der Waals surface area contributed by atoms with Gasteiger partial charge in [-0.25, -0.2) is 0 Å². The van der Waals surface area contributed by atoms with Crippen LogP contribution in [0.4, 0.5) is 0 Å². The van der Waals surface area contributed by atoms with E-state index in [1.165, 1.54) is 0 Å². The number of benzene rings is 1. The summed E-state index contributed by atoms with van der Waals surface area (Å²) in [4.78, 5) is 0. The first-order valence-electron chi connectivity index (χ1n) is 2.56. The summed E-state index contributed by atoms with van der Waals surface area (Å²) in [5.41, 5.74) is 5.44. The van der Waals surface area contributed by atoms with Crippen LogP contribution < -0.4 is 10.8 Å². The highest BCUT2D eigenvalue weighted by atomic mass is 35.7. The zero-order chi connectivity index (χ0) is 6.69. The first kappa shape index (κ1) is 7.01. The highest BCUT2D eigenvalue weighted by Gasteiger charge is 1.96. The van der Waals surface area contributed by atoms with E-state index in [-0.39, 0.29) is 0 Å². The molecule has 1 atom stereocenters. The van der Waals surface area contributed by atoms with Crippen molar-refractivity contribution in [2.75, 3.05) is 0 Å². The van der Waals surface area contributed by atoms with Gasteiger partial charge in [-0.2, -0.15) is 0 Å². The molecule has 3 heteroatoms. The molecule has 0 saturated heterocycles. The van der Waals surface area contributed by atoms with E-state index in [1.54, 1.807) is 0 Å². The number of hydrogen-bond donors (Lipinski definition) is 1. The molecule has 48 valence electrons. The number of rotatable bonds is 1. The molecule has 0 aliphatic rings. The Kier molecular flexibility index (Phi) is 2.47. The first-order valence-corrected chi connectivity index (χ1v) is 4.88. The second kappa shape index (κ2) is 3.17. The average molecular weight is 160 g/mol. The molecule has 0 aromatic heterocycles. The van der Waals surface area contributed by atoms with E-state index in [4.69, 9.17) is 16.7 Å². The largest absolute Gasteiger partial charge is 0.294 e. The van der Waals surface area contributed by atoms with Crippen LogP contribution in [0.1, 0.15) is 0 Å². The van der Waals surface area contributed by atoms with Crippen molar-refractivity contribution in [3.63, 3.8) is 0 Å². The van der Waals surface area contributed by atoms with Gasteiger partial charge in [0.05, 0.1) is 7.43 Å². The topological polar surface area (TPSA) is 26.0 Å². The maximum atomic E-state index is 5.65. The minimum atomic E-state index is -0.923. The Balaban J connectivity index is 2.85. The van der Waals surface area contributed by atoms with E-state index in [9.17, 15) is 0 Å². The third kappa shape index (κ3) is 1.94. The molecule has 0 bridgehead atoms. The van der Waals surface area contributed by atoms with Gasteiger partial charge < -0.3 is 0 Å². The first-order chi connectivity index (χ1) is 4.30. The van der Waals surface area contributed by atoms with Gasteiger partial charge in [-0.1, -0.05) is 41.6 Å². The van der Waals surface area contributed by atoms with E-state index in [2.05, 4.69) is 0 Å². The van der Waals surface area contributed by atoms with Gasteiger partial charge >= 0.3 is 0 Å². The fourth-order valence-electron chi connectivity index (χ4n) is 0.570. The van der Waals surface area contributed by atoms with Gasteiger partial charge in [0, 0.05) is 5.30 Å². The quantitative estimate of drug-likeness (QED) is 0.622. The third-order valence-electron chi connectivity index (χ3n) is 1.00. The van der Waals surface area contributed by atoms with Crippen molar-refractivity contribution in [3.05, 3.63) is 30.3 Å². The molecule has 0 aliphatic heterocycles. The van der Waals surface area contributed by atoms with Crippen LogP contribution in [-0.4, -0.2) is 0 Å². The van der Waals surface area contributed by atoms with Crippen molar-refractivity contribution in [2.24, 2.45) is 5.50 Å². The number of nitrogens with two attached hydrogens (primary N) is 1. The van der Waals surface area contributed by atoms with Crippen LogP contribution in [0.2, 0.25) is 0 Å². The molecule has 2 N–H and O–H groups in total. The average Bonchev–Trinajstić information content (AvgIpc) is 1.90. The van der Waals surface area contributed by atoms with Gasteiger partial charge in [0.2, 0.25) is 0 Å². The Bertz CT molecular complexity index is 176. The monoisotopic (exact) mass is 159 g/mol. The summed E-state index contributed by atoms with van der Waals surface area (Å²) >= 11 is 5.65. The summed E-state index contributed by atoms with van der Waals surface area (Å²) in [6.07, 6.45) is 0. The Labute approximate surface area is 60.4 Å². The Hall–Kier alpha value is -0.100.